The summed E-state index contributed by atoms with van der Waals surface area (Å²) in [6.07, 6.45) is 0.409. The minimum atomic E-state index is -0.0188. The number of hydrogen-bond acceptors (Lipinski definition) is 3. The maximum Gasteiger partial charge on any atom is 0.164 e. The summed E-state index contributed by atoms with van der Waals surface area (Å²) in [5, 5.41) is 3.28. The normalized spacial score (nSPS) is 11.6. The lowest BCUT2D eigenvalue weighted by molar-refractivity contribution is 0.0982. The van der Waals surface area contributed by atoms with Gasteiger partial charge in [-0.25, -0.2) is 0 Å². The van der Waals surface area contributed by atoms with Gasteiger partial charge in [-0.2, -0.15) is 0 Å². The largest absolute Gasteiger partial charge is 0.367 e. The van der Waals surface area contributed by atoms with Crippen LogP contribution in [0.2, 0.25) is 0 Å². The van der Waals surface area contributed by atoms with E-state index in [1.807, 2.05) is 66.7 Å². The molecule has 0 saturated heterocycles. The second-order valence-electron chi connectivity index (χ2n) is 6.14. The van der Waals surface area contributed by atoms with Crippen molar-refractivity contribution in [2.45, 2.75) is 18.2 Å². The van der Waals surface area contributed by atoms with Gasteiger partial charge >= 0.3 is 0 Å². The van der Waals surface area contributed by atoms with Gasteiger partial charge in [0.2, 0.25) is 0 Å². The van der Waals surface area contributed by atoms with Crippen LogP contribution >= 0.6 is 24.0 Å². The number of thioether (sulfide) groups is 1. The number of ketones is 1. The van der Waals surface area contributed by atoms with Gasteiger partial charge in [0.25, 0.3) is 0 Å². The molecule has 3 aromatic carbocycles. The Hall–Kier alpha value is -2.43. The summed E-state index contributed by atoms with van der Waals surface area (Å²) in [6.45, 7) is 0.681. The van der Waals surface area contributed by atoms with Crippen molar-refractivity contribution in [3.05, 3.63) is 108 Å². The molecule has 0 aromatic heterocycles. The van der Waals surface area contributed by atoms with Gasteiger partial charge in [0.05, 0.1) is 0 Å². The number of hydrogen-bond donors (Lipinski definition) is 1. The monoisotopic (exact) mass is 391 g/mol. The van der Waals surface area contributed by atoms with E-state index in [1.54, 1.807) is 0 Å². The predicted molar refractivity (Wildman–Crippen MR) is 118 cm³/mol. The third-order valence-corrected chi connectivity index (χ3v) is 5.68. The minimum absolute atomic E-state index is 0.0188. The molecule has 1 unspecified atom stereocenters. The predicted octanol–water partition coefficient (Wildman–Crippen LogP) is 5.81. The Morgan fingerprint density at radius 1 is 0.852 bits per heavy atom. The average molecular weight is 392 g/mol. The lowest BCUT2D eigenvalue weighted by atomic mass is 10.0. The Bertz CT molecular complexity index is 867. The van der Waals surface area contributed by atoms with E-state index in [2.05, 4.69) is 29.6 Å². The third kappa shape index (κ3) is 6.05. The van der Waals surface area contributed by atoms with Crippen molar-refractivity contribution in [2.75, 3.05) is 0 Å². The SMILES string of the molecule is O=C(CC(SC(=S)NCc1ccccc1)c1ccccc1)c1ccccc1. The molecule has 0 aliphatic rings. The Kier molecular flexibility index (Phi) is 7.19. The molecule has 4 heteroatoms. The lowest BCUT2D eigenvalue weighted by Crippen LogP contribution is -2.19. The highest BCUT2D eigenvalue weighted by atomic mass is 32.2. The number of nitrogens with one attached hydrogen (secondary N) is 1. The van der Waals surface area contributed by atoms with Crippen molar-refractivity contribution in [1.82, 2.24) is 5.32 Å². The first kappa shape index (κ1) is 19.3. The van der Waals surface area contributed by atoms with Crippen LogP contribution < -0.4 is 5.32 Å². The highest BCUT2D eigenvalue weighted by molar-refractivity contribution is 8.23. The molecule has 1 N–H and O–H groups in total. The van der Waals surface area contributed by atoms with Gasteiger partial charge < -0.3 is 5.32 Å². The van der Waals surface area contributed by atoms with E-state index in [-0.39, 0.29) is 11.0 Å². The molecule has 0 aliphatic carbocycles. The van der Waals surface area contributed by atoms with Gasteiger partial charge in [0.1, 0.15) is 4.32 Å². The number of thiocarbonyl (C=S) groups is 1. The molecule has 2 nitrogen and oxygen atoms in total. The fourth-order valence-corrected chi connectivity index (χ4v) is 4.11. The number of Topliss-reactive ketones (excluding diaryl/α,β-unsaturated/α-hetero) is 1. The summed E-state index contributed by atoms with van der Waals surface area (Å²) in [6, 6.07) is 29.7. The number of rotatable bonds is 7. The van der Waals surface area contributed by atoms with Crippen LogP contribution in [0.3, 0.4) is 0 Å². The van der Waals surface area contributed by atoms with E-state index < -0.39 is 0 Å². The summed E-state index contributed by atoms with van der Waals surface area (Å²) < 4.78 is 0.702. The third-order valence-electron chi connectivity index (χ3n) is 4.17. The molecular formula is C23H21NOS2. The first-order chi connectivity index (χ1) is 13.2. The average Bonchev–Trinajstić information content (AvgIpc) is 2.74. The fraction of sp³-hybridized carbons (Fsp3) is 0.130. The van der Waals surface area contributed by atoms with Gasteiger partial charge in [-0.1, -0.05) is 115 Å². The summed E-state index contributed by atoms with van der Waals surface area (Å²) >= 11 is 7.08. The van der Waals surface area contributed by atoms with Gasteiger partial charge in [-0.05, 0) is 11.1 Å². The van der Waals surface area contributed by atoms with Gasteiger partial charge in [-0.3, -0.25) is 4.79 Å². The zero-order valence-electron chi connectivity index (χ0n) is 14.9. The Balaban J connectivity index is 1.67. The Labute approximate surface area is 170 Å². The lowest BCUT2D eigenvalue weighted by Gasteiger charge is -2.18. The molecule has 0 radical (unpaired) electrons. The smallest absolute Gasteiger partial charge is 0.164 e. The van der Waals surface area contributed by atoms with Crippen molar-refractivity contribution in [3.8, 4) is 0 Å². The topological polar surface area (TPSA) is 29.1 Å². The molecule has 0 fully saturated rings. The summed E-state index contributed by atoms with van der Waals surface area (Å²) in [5.41, 5.74) is 3.02. The maximum absolute atomic E-state index is 12.7. The molecule has 27 heavy (non-hydrogen) atoms. The standard InChI is InChI=1S/C23H21NOS2/c25-21(19-12-6-2-7-13-19)16-22(20-14-8-3-9-15-20)27-23(26)24-17-18-10-4-1-5-11-18/h1-15,22H,16-17H2,(H,24,26). The van der Waals surface area contributed by atoms with Crippen molar-refractivity contribution >= 4 is 34.1 Å². The molecular weight excluding hydrogens is 370 g/mol. The van der Waals surface area contributed by atoms with Crippen LogP contribution in [0, 0.1) is 0 Å². The molecule has 3 aromatic rings. The van der Waals surface area contributed by atoms with Crippen molar-refractivity contribution in [1.29, 1.82) is 0 Å². The quantitative estimate of drug-likeness (QED) is 0.406. The van der Waals surface area contributed by atoms with Gasteiger partial charge in [0, 0.05) is 23.8 Å². The second-order valence-corrected chi connectivity index (χ2v) is 8.02. The molecule has 136 valence electrons. The van der Waals surface area contributed by atoms with Crippen LogP contribution in [0.5, 0.6) is 0 Å². The number of benzene rings is 3. The van der Waals surface area contributed by atoms with Crippen LogP contribution in [-0.4, -0.2) is 10.1 Å². The molecule has 0 aliphatic heterocycles. The zero-order chi connectivity index (χ0) is 18.9. The van der Waals surface area contributed by atoms with Crippen LogP contribution in [-0.2, 0) is 6.54 Å². The molecule has 0 bridgehead atoms. The van der Waals surface area contributed by atoms with E-state index in [4.69, 9.17) is 12.2 Å². The van der Waals surface area contributed by atoms with E-state index in [0.29, 0.717) is 17.3 Å². The Morgan fingerprint density at radius 3 is 2.04 bits per heavy atom. The van der Waals surface area contributed by atoms with Crippen LogP contribution in [0.4, 0.5) is 0 Å². The Morgan fingerprint density at radius 2 is 1.41 bits per heavy atom. The van der Waals surface area contributed by atoms with E-state index >= 15 is 0 Å². The van der Waals surface area contributed by atoms with E-state index in [9.17, 15) is 4.79 Å². The van der Waals surface area contributed by atoms with Crippen LogP contribution in [0.1, 0.15) is 33.2 Å². The highest BCUT2D eigenvalue weighted by Gasteiger charge is 2.19. The summed E-state index contributed by atoms with van der Waals surface area (Å²) in [4.78, 5) is 12.7. The molecule has 0 heterocycles. The van der Waals surface area contributed by atoms with E-state index in [1.165, 1.54) is 17.3 Å². The van der Waals surface area contributed by atoms with Crippen molar-refractivity contribution in [2.24, 2.45) is 0 Å². The van der Waals surface area contributed by atoms with Gasteiger partial charge in [-0.15, -0.1) is 0 Å². The van der Waals surface area contributed by atoms with Crippen molar-refractivity contribution in [3.63, 3.8) is 0 Å². The second kappa shape index (κ2) is 10.0. The number of carbonyl (C=O) groups excluding carboxylic acids is 1. The first-order valence-corrected chi connectivity index (χ1v) is 10.1. The highest BCUT2D eigenvalue weighted by Crippen LogP contribution is 2.33. The fourth-order valence-electron chi connectivity index (χ4n) is 2.75. The molecule has 0 amide bonds. The van der Waals surface area contributed by atoms with Crippen LogP contribution in [0.25, 0.3) is 0 Å². The van der Waals surface area contributed by atoms with Crippen molar-refractivity contribution < 1.29 is 4.79 Å². The zero-order valence-corrected chi connectivity index (χ0v) is 16.5. The van der Waals surface area contributed by atoms with Crippen LogP contribution in [0.15, 0.2) is 91.0 Å². The molecule has 0 saturated carbocycles. The van der Waals surface area contributed by atoms with Gasteiger partial charge in [0.15, 0.2) is 5.78 Å². The molecule has 0 spiro atoms. The summed E-state index contributed by atoms with van der Waals surface area (Å²) in [7, 11) is 0. The van der Waals surface area contributed by atoms with E-state index in [0.717, 1.165) is 11.1 Å². The minimum Gasteiger partial charge on any atom is -0.367 e. The molecule has 1 atom stereocenters. The first-order valence-electron chi connectivity index (χ1n) is 8.84. The summed E-state index contributed by atoms with van der Waals surface area (Å²) in [5.74, 6) is 0.128. The molecule has 3 rings (SSSR count). The maximum atomic E-state index is 12.7. The number of carbonyl (C=O) groups is 1.